The zero-order valence-corrected chi connectivity index (χ0v) is 26.7. The molecule has 0 spiro atoms. The van der Waals surface area contributed by atoms with Gasteiger partial charge in [0.25, 0.3) is 0 Å². The topological polar surface area (TPSA) is 44.7 Å². The summed E-state index contributed by atoms with van der Waals surface area (Å²) in [6, 6.07) is 8.95. The van der Waals surface area contributed by atoms with Crippen LogP contribution >= 0.6 is 0 Å². The van der Waals surface area contributed by atoms with E-state index in [1.165, 1.54) is 0 Å². The molecule has 54 heavy (non-hydrogen) atoms. The first kappa shape index (κ1) is 38.9. The van der Waals surface area contributed by atoms with Crippen LogP contribution in [0.15, 0.2) is 57.4 Å². The standard InChI is InChI=1S/C33H17F17O4/c1-12-4-5-13-9-17-18(10-14(13)8-12)53-25-21(17)23(52-3)24-20(22(25)51-2)16-7-6-15(11-19(16)54-24)26(34,35)27(36,37)28(38,39)29(40,41)30(42,43)31(44,45)32(46,47)33(48,49)50/h4-11H,1-3H3. The van der Waals surface area contributed by atoms with Gasteiger partial charge in [0.1, 0.15) is 11.2 Å². The lowest BCUT2D eigenvalue weighted by molar-refractivity contribution is -0.462. The smallest absolute Gasteiger partial charge is 0.460 e. The molecule has 4 aromatic carbocycles. The average molecular weight is 800 g/mol. The fourth-order valence-corrected chi connectivity index (χ4v) is 5.98. The van der Waals surface area contributed by atoms with Gasteiger partial charge in [0.15, 0.2) is 22.7 Å². The van der Waals surface area contributed by atoms with Crippen LogP contribution in [-0.2, 0) is 5.92 Å². The highest BCUT2D eigenvalue weighted by Crippen LogP contribution is 2.65. The molecule has 0 fully saturated rings. The zero-order valence-electron chi connectivity index (χ0n) is 26.7. The van der Waals surface area contributed by atoms with Crippen molar-refractivity contribution in [3.05, 3.63) is 59.7 Å². The predicted octanol–water partition coefficient (Wildman–Crippen LogP) is 12.4. The number of hydrogen-bond donors (Lipinski definition) is 0. The summed E-state index contributed by atoms with van der Waals surface area (Å²) < 4.78 is 259. The maximum atomic E-state index is 15.2. The predicted molar refractivity (Wildman–Crippen MR) is 156 cm³/mol. The summed E-state index contributed by atoms with van der Waals surface area (Å²) in [6.45, 7) is 1.84. The van der Waals surface area contributed by atoms with Crippen LogP contribution in [0.5, 0.6) is 11.5 Å². The van der Waals surface area contributed by atoms with E-state index in [-0.39, 0.29) is 56.5 Å². The van der Waals surface area contributed by atoms with E-state index < -0.39 is 58.8 Å². The van der Waals surface area contributed by atoms with Gasteiger partial charge >= 0.3 is 47.6 Å². The van der Waals surface area contributed by atoms with Gasteiger partial charge in [-0.3, -0.25) is 0 Å². The lowest BCUT2D eigenvalue weighted by atomic mass is 9.87. The summed E-state index contributed by atoms with van der Waals surface area (Å²) >= 11 is 0. The van der Waals surface area contributed by atoms with Crippen molar-refractivity contribution in [2.75, 3.05) is 14.2 Å². The number of rotatable bonds is 9. The number of methoxy groups -OCH3 is 2. The van der Waals surface area contributed by atoms with Gasteiger partial charge in [0.2, 0.25) is 0 Å². The normalized spacial score (nSPS) is 14.7. The molecule has 0 saturated carbocycles. The van der Waals surface area contributed by atoms with E-state index in [0.717, 1.165) is 25.2 Å². The number of benzene rings is 4. The number of halogens is 17. The van der Waals surface area contributed by atoms with Crippen molar-refractivity contribution in [2.45, 2.75) is 54.6 Å². The van der Waals surface area contributed by atoms with Crippen LogP contribution in [0, 0.1) is 6.92 Å². The average Bonchev–Trinajstić information content (AvgIpc) is 3.63. The summed E-state index contributed by atoms with van der Waals surface area (Å²) in [5, 5.41) is 1.47. The van der Waals surface area contributed by atoms with Crippen LogP contribution in [0.25, 0.3) is 54.6 Å². The first-order valence-electron chi connectivity index (χ1n) is 14.6. The molecular formula is C33H17F17O4. The van der Waals surface area contributed by atoms with E-state index in [1.54, 1.807) is 24.3 Å². The van der Waals surface area contributed by atoms with Crippen molar-refractivity contribution < 1.29 is 92.9 Å². The molecule has 0 aliphatic heterocycles. The lowest BCUT2D eigenvalue weighted by Gasteiger charge is -2.42. The van der Waals surface area contributed by atoms with Crippen LogP contribution < -0.4 is 9.47 Å². The molecule has 4 nitrogen and oxygen atoms in total. The summed E-state index contributed by atoms with van der Waals surface area (Å²) in [5.74, 6) is -57.8. The van der Waals surface area contributed by atoms with Crippen LogP contribution in [0.1, 0.15) is 11.1 Å². The van der Waals surface area contributed by atoms with E-state index in [4.69, 9.17) is 18.3 Å². The van der Waals surface area contributed by atoms with Crippen LogP contribution in [0.2, 0.25) is 0 Å². The van der Waals surface area contributed by atoms with Crippen molar-refractivity contribution in [3.8, 4) is 11.5 Å². The van der Waals surface area contributed by atoms with Gasteiger partial charge in [-0.25, -0.2) is 0 Å². The Bertz CT molecular complexity index is 2470. The van der Waals surface area contributed by atoms with E-state index in [0.29, 0.717) is 16.8 Å². The molecule has 0 radical (unpaired) electrons. The minimum Gasteiger partial charge on any atom is -0.492 e. The summed E-state index contributed by atoms with van der Waals surface area (Å²) in [7, 11) is 2.23. The third-order valence-corrected chi connectivity index (χ3v) is 8.85. The Hall–Kier alpha value is -4.85. The van der Waals surface area contributed by atoms with Gasteiger partial charge < -0.3 is 18.3 Å². The summed E-state index contributed by atoms with van der Waals surface area (Å²) in [5.41, 5.74) is -2.57. The number of ether oxygens (including phenoxy) is 2. The molecule has 0 atom stereocenters. The van der Waals surface area contributed by atoms with Crippen LogP contribution in [0.4, 0.5) is 74.6 Å². The molecule has 0 aliphatic carbocycles. The van der Waals surface area contributed by atoms with Gasteiger partial charge in [-0.1, -0.05) is 29.8 Å². The third-order valence-electron chi connectivity index (χ3n) is 8.85. The summed E-state index contributed by atoms with van der Waals surface area (Å²) in [6.07, 6.45) is -7.84. The Morgan fingerprint density at radius 3 is 1.43 bits per heavy atom. The molecule has 6 aromatic rings. The largest absolute Gasteiger partial charge is 0.492 e. The van der Waals surface area contributed by atoms with Crippen molar-refractivity contribution in [1.29, 1.82) is 0 Å². The number of furan rings is 2. The Kier molecular flexibility index (Phi) is 8.16. The Balaban J connectivity index is 1.52. The highest BCUT2D eigenvalue weighted by Gasteiger charge is 2.95. The van der Waals surface area contributed by atoms with Gasteiger partial charge in [0.05, 0.1) is 25.0 Å². The molecule has 0 unspecified atom stereocenters. The van der Waals surface area contributed by atoms with Crippen molar-refractivity contribution >= 4 is 54.6 Å². The minimum absolute atomic E-state index is 0.0387. The highest BCUT2D eigenvalue weighted by molar-refractivity contribution is 6.24. The van der Waals surface area contributed by atoms with Crippen LogP contribution in [0.3, 0.4) is 0 Å². The van der Waals surface area contributed by atoms with Crippen molar-refractivity contribution in [3.63, 3.8) is 0 Å². The SMILES string of the molecule is COc1c2oc3cc4cc(C)ccc4cc3c2c(OC)c2oc3cc(C(F)(F)C(F)(F)C(F)(F)C(F)(F)C(F)(F)C(F)(F)C(F)(F)C(F)(F)F)ccc3c12. The minimum atomic E-state index is -8.73. The Morgan fingerprint density at radius 2 is 0.926 bits per heavy atom. The molecule has 0 bridgehead atoms. The molecule has 2 heterocycles. The molecule has 292 valence electrons. The molecule has 21 heteroatoms. The zero-order chi connectivity index (χ0) is 40.6. The van der Waals surface area contributed by atoms with E-state index >= 15 is 8.78 Å². The number of hydrogen-bond acceptors (Lipinski definition) is 4. The van der Waals surface area contributed by atoms with Gasteiger partial charge in [-0.15, -0.1) is 0 Å². The van der Waals surface area contributed by atoms with Gasteiger partial charge in [-0.05, 0) is 42.0 Å². The fourth-order valence-electron chi connectivity index (χ4n) is 5.98. The summed E-state index contributed by atoms with van der Waals surface area (Å²) in [4.78, 5) is 0. The molecule has 0 saturated heterocycles. The van der Waals surface area contributed by atoms with E-state index in [1.807, 2.05) is 13.0 Å². The Morgan fingerprint density at radius 1 is 0.463 bits per heavy atom. The maximum Gasteiger partial charge on any atom is 0.460 e. The number of fused-ring (bicyclic) bond motifs is 7. The molecule has 0 amide bonds. The molecule has 0 aliphatic rings. The van der Waals surface area contributed by atoms with Crippen LogP contribution in [-0.4, -0.2) is 55.9 Å². The number of aryl methyl sites for hydroxylation is 1. The second kappa shape index (κ2) is 11.3. The first-order chi connectivity index (χ1) is 24.5. The molecular weight excluding hydrogens is 783 g/mol. The van der Waals surface area contributed by atoms with Gasteiger partial charge in [0, 0.05) is 16.3 Å². The lowest BCUT2D eigenvalue weighted by Crippen LogP contribution is -2.74. The van der Waals surface area contributed by atoms with E-state index in [2.05, 4.69) is 0 Å². The number of alkyl halides is 17. The quantitative estimate of drug-likeness (QED) is 0.137. The highest BCUT2D eigenvalue weighted by atomic mass is 19.4. The molecule has 2 aromatic heterocycles. The van der Waals surface area contributed by atoms with Crippen molar-refractivity contribution in [1.82, 2.24) is 0 Å². The monoisotopic (exact) mass is 800 g/mol. The second-order valence-electron chi connectivity index (χ2n) is 12.1. The Labute approximate surface area is 287 Å². The second-order valence-corrected chi connectivity index (χ2v) is 12.1. The maximum absolute atomic E-state index is 15.2. The van der Waals surface area contributed by atoms with E-state index in [9.17, 15) is 65.9 Å². The first-order valence-corrected chi connectivity index (χ1v) is 14.6. The van der Waals surface area contributed by atoms with Crippen molar-refractivity contribution in [2.24, 2.45) is 0 Å². The van der Waals surface area contributed by atoms with Gasteiger partial charge in [-0.2, -0.15) is 74.6 Å². The third kappa shape index (κ3) is 4.70. The molecule has 6 rings (SSSR count). The fraction of sp³-hybridized carbons (Fsp3) is 0.333. The molecule has 0 N–H and O–H groups in total.